The maximum atomic E-state index is 10.7. The summed E-state index contributed by atoms with van der Waals surface area (Å²) in [5, 5.41) is 20.8. The third-order valence-corrected chi connectivity index (χ3v) is 4.13. The molecule has 0 aliphatic rings. The van der Waals surface area contributed by atoms with Crippen LogP contribution in [0, 0.1) is 0 Å². The first kappa shape index (κ1) is 20.5. The van der Waals surface area contributed by atoms with Crippen LogP contribution in [0.4, 0.5) is 0 Å². The molecule has 2 N–H and O–H groups in total. The zero-order chi connectivity index (χ0) is 20.0. The van der Waals surface area contributed by atoms with Gasteiger partial charge < -0.3 is 29.2 Å². The van der Waals surface area contributed by atoms with Crippen molar-refractivity contribution in [2.45, 2.75) is 26.1 Å². The SMILES string of the molecule is CC=Cc1ccc(O[C@@H](C)[C@@H](O)c2cc(O)c(OC)c(OC)c2)c(OC)c1. The maximum absolute atomic E-state index is 10.7. The number of aromatic hydroxyl groups is 1. The normalized spacial score (nSPS) is 13.3. The zero-order valence-corrected chi connectivity index (χ0v) is 16.2. The molecule has 2 rings (SSSR count). The molecule has 0 amide bonds. The molecule has 0 aromatic heterocycles. The second-order valence-corrected chi connectivity index (χ2v) is 5.95. The van der Waals surface area contributed by atoms with E-state index in [2.05, 4.69) is 0 Å². The fraction of sp³-hybridized carbons (Fsp3) is 0.333. The smallest absolute Gasteiger partial charge is 0.203 e. The van der Waals surface area contributed by atoms with Gasteiger partial charge >= 0.3 is 0 Å². The van der Waals surface area contributed by atoms with Crippen LogP contribution in [0.3, 0.4) is 0 Å². The molecule has 6 nitrogen and oxygen atoms in total. The minimum absolute atomic E-state index is 0.119. The van der Waals surface area contributed by atoms with Gasteiger partial charge in [0.2, 0.25) is 5.75 Å². The second-order valence-electron chi connectivity index (χ2n) is 5.95. The van der Waals surface area contributed by atoms with Crippen LogP contribution in [0.25, 0.3) is 6.08 Å². The first-order chi connectivity index (χ1) is 12.9. The third-order valence-electron chi connectivity index (χ3n) is 4.13. The lowest BCUT2D eigenvalue weighted by Gasteiger charge is -2.23. The number of hydrogen-bond donors (Lipinski definition) is 2. The number of allylic oxidation sites excluding steroid dienone is 1. The van der Waals surface area contributed by atoms with Crippen molar-refractivity contribution in [3.05, 3.63) is 47.5 Å². The Kier molecular flexibility index (Phi) is 6.96. The molecule has 0 heterocycles. The number of aliphatic hydroxyl groups excluding tert-OH is 1. The van der Waals surface area contributed by atoms with E-state index in [0.717, 1.165) is 5.56 Å². The van der Waals surface area contributed by atoms with E-state index in [-0.39, 0.29) is 11.5 Å². The fourth-order valence-corrected chi connectivity index (χ4v) is 2.75. The number of rotatable bonds is 8. The number of hydrogen-bond acceptors (Lipinski definition) is 6. The average Bonchev–Trinajstić information content (AvgIpc) is 2.67. The minimum atomic E-state index is -1.00. The van der Waals surface area contributed by atoms with Crippen molar-refractivity contribution in [2.24, 2.45) is 0 Å². The van der Waals surface area contributed by atoms with Crippen LogP contribution >= 0.6 is 0 Å². The summed E-state index contributed by atoms with van der Waals surface area (Å²) in [6.07, 6.45) is 2.28. The van der Waals surface area contributed by atoms with Crippen LogP contribution in [0.15, 0.2) is 36.4 Å². The molecule has 27 heavy (non-hydrogen) atoms. The van der Waals surface area contributed by atoms with Crippen molar-refractivity contribution < 1.29 is 29.2 Å². The quantitative estimate of drug-likeness (QED) is 0.728. The number of benzene rings is 2. The Bertz CT molecular complexity index is 799. The molecule has 2 aromatic rings. The molecule has 6 heteroatoms. The van der Waals surface area contributed by atoms with E-state index in [1.165, 1.54) is 20.3 Å². The first-order valence-corrected chi connectivity index (χ1v) is 8.55. The van der Waals surface area contributed by atoms with Crippen molar-refractivity contribution in [1.82, 2.24) is 0 Å². The van der Waals surface area contributed by atoms with Crippen molar-refractivity contribution in [2.75, 3.05) is 21.3 Å². The minimum Gasteiger partial charge on any atom is -0.504 e. The third kappa shape index (κ3) is 4.65. The Morgan fingerprint density at radius 1 is 0.926 bits per heavy atom. The summed E-state index contributed by atoms with van der Waals surface area (Å²) in [6.45, 7) is 3.67. The predicted octanol–water partition coefficient (Wildman–Crippen LogP) is 3.95. The first-order valence-electron chi connectivity index (χ1n) is 8.55. The van der Waals surface area contributed by atoms with Gasteiger partial charge in [-0.05, 0) is 49.2 Å². The summed E-state index contributed by atoms with van der Waals surface area (Å²) in [7, 11) is 4.46. The van der Waals surface area contributed by atoms with Crippen LogP contribution in [0.5, 0.6) is 28.7 Å². The number of phenols is 1. The van der Waals surface area contributed by atoms with Crippen LogP contribution < -0.4 is 18.9 Å². The Balaban J connectivity index is 2.25. The average molecular weight is 374 g/mol. The monoisotopic (exact) mass is 374 g/mol. The largest absolute Gasteiger partial charge is 0.504 e. The highest BCUT2D eigenvalue weighted by Gasteiger charge is 2.23. The molecule has 0 bridgehead atoms. The van der Waals surface area contributed by atoms with Crippen LogP contribution in [-0.4, -0.2) is 37.6 Å². The van der Waals surface area contributed by atoms with Crippen LogP contribution in [0.2, 0.25) is 0 Å². The highest BCUT2D eigenvalue weighted by molar-refractivity contribution is 5.56. The van der Waals surface area contributed by atoms with Gasteiger partial charge in [0.25, 0.3) is 0 Å². The van der Waals surface area contributed by atoms with Crippen LogP contribution in [0.1, 0.15) is 31.1 Å². The molecule has 0 spiro atoms. The molecule has 0 aliphatic heterocycles. The Morgan fingerprint density at radius 2 is 1.63 bits per heavy atom. The summed E-state index contributed by atoms with van der Waals surface area (Å²) in [4.78, 5) is 0. The van der Waals surface area contributed by atoms with Crippen molar-refractivity contribution in [1.29, 1.82) is 0 Å². The van der Waals surface area contributed by atoms with Gasteiger partial charge in [0.1, 0.15) is 12.2 Å². The van der Waals surface area contributed by atoms with Gasteiger partial charge in [0.05, 0.1) is 21.3 Å². The number of phenolic OH excluding ortho intramolecular Hbond substituents is 1. The van der Waals surface area contributed by atoms with E-state index in [1.54, 1.807) is 26.2 Å². The van der Waals surface area contributed by atoms with Gasteiger partial charge in [0, 0.05) is 0 Å². The molecular weight excluding hydrogens is 348 g/mol. The summed E-state index contributed by atoms with van der Waals surface area (Å²) in [5.74, 6) is 1.50. The Hall–Kier alpha value is -2.86. The molecule has 2 atom stereocenters. The topological polar surface area (TPSA) is 77.4 Å². The molecule has 0 saturated carbocycles. The summed E-state index contributed by atoms with van der Waals surface area (Å²) in [6, 6.07) is 8.59. The standard InChI is InChI=1S/C21H26O6/c1-6-7-14-8-9-17(18(10-14)24-3)27-13(2)20(23)15-11-16(22)21(26-5)19(12-15)25-4/h6-13,20,22-23H,1-5H3/t13-,20+/m0/s1. The molecule has 0 unspecified atom stereocenters. The summed E-state index contributed by atoms with van der Waals surface area (Å²) < 4.78 is 21.6. The highest BCUT2D eigenvalue weighted by atomic mass is 16.5. The van der Waals surface area contributed by atoms with E-state index in [9.17, 15) is 10.2 Å². The molecular formula is C21H26O6. The summed E-state index contributed by atoms with van der Waals surface area (Å²) in [5.41, 5.74) is 1.43. The van der Waals surface area contributed by atoms with E-state index in [4.69, 9.17) is 18.9 Å². The number of ether oxygens (including phenoxy) is 4. The lowest BCUT2D eigenvalue weighted by Crippen LogP contribution is -2.22. The van der Waals surface area contributed by atoms with E-state index in [0.29, 0.717) is 22.8 Å². The van der Waals surface area contributed by atoms with E-state index in [1.807, 2.05) is 31.2 Å². The van der Waals surface area contributed by atoms with Gasteiger partial charge in [0.15, 0.2) is 23.0 Å². The molecule has 0 radical (unpaired) electrons. The van der Waals surface area contributed by atoms with Gasteiger partial charge in [-0.2, -0.15) is 0 Å². The highest BCUT2D eigenvalue weighted by Crippen LogP contribution is 2.40. The Morgan fingerprint density at radius 3 is 2.22 bits per heavy atom. The second kappa shape index (κ2) is 9.19. The summed E-state index contributed by atoms with van der Waals surface area (Å²) >= 11 is 0. The lowest BCUT2D eigenvalue weighted by molar-refractivity contribution is 0.0448. The van der Waals surface area contributed by atoms with Gasteiger partial charge in [-0.1, -0.05) is 18.2 Å². The van der Waals surface area contributed by atoms with Crippen molar-refractivity contribution in [3.63, 3.8) is 0 Å². The maximum Gasteiger partial charge on any atom is 0.203 e. The fourth-order valence-electron chi connectivity index (χ4n) is 2.75. The Labute approximate surface area is 159 Å². The molecule has 2 aromatic carbocycles. The van der Waals surface area contributed by atoms with Gasteiger partial charge in [-0.3, -0.25) is 0 Å². The van der Waals surface area contributed by atoms with Gasteiger partial charge in [-0.15, -0.1) is 0 Å². The van der Waals surface area contributed by atoms with Crippen molar-refractivity contribution in [3.8, 4) is 28.7 Å². The number of aliphatic hydroxyl groups is 1. The van der Waals surface area contributed by atoms with E-state index < -0.39 is 12.2 Å². The predicted molar refractivity (Wildman–Crippen MR) is 104 cm³/mol. The number of methoxy groups -OCH3 is 3. The molecule has 146 valence electrons. The van der Waals surface area contributed by atoms with Crippen molar-refractivity contribution >= 4 is 6.08 Å². The molecule has 0 aliphatic carbocycles. The van der Waals surface area contributed by atoms with Gasteiger partial charge in [-0.25, -0.2) is 0 Å². The zero-order valence-electron chi connectivity index (χ0n) is 16.2. The van der Waals surface area contributed by atoms with E-state index >= 15 is 0 Å². The van der Waals surface area contributed by atoms with Crippen LogP contribution in [-0.2, 0) is 0 Å². The molecule has 0 fully saturated rings. The lowest BCUT2D eigenvalue weighted by atomic mass is 10.0. The molecule has 0 saturated heterocycles.